The maximum absolute atomic E-state index is 11.6. The van der Waals surface area contributed by atoms with E-state index in [9.17, 15) is 4.79 Å². The number of hydrogen-bond acceptors (Lipinski definition) is 5. The van der Waals surface area contributed by atoms with Crippen molar-refractivity contribution < 1.29 is 19.7 Å². The fraction of sp³-hybridized carbons (Fsp3) is 0.889. The summed E-state index contributed by atoms with van der Waals surface area (Å²) in [5, 5.41) is 23.2. The van der Waals surface area contributed by atoms with Crippen molar-refractivity contribution in [2.45, 2.75) is 12.1 Å². The van der Waals surface area contributed by atoms with Gasteiger partial charge in [0.1, 0.15) is 0 Å². The lowest BCUT2D eigenvalue weighted by Gasteiger charge is -2.17. The molecule has 0 saturated carbocycles. The van der Waals surface area contributed by atoms with Crippen molar-refractivity contribution in [3.8, 4) is 0 Å². The van der Waals surface area contributed by atoms with Crippen molar-refractivity contribution in [1.29, 1.82) is 0 Å². The number of ether oxygens (including phenoxy) is 1. The molecule has 1 amide bonds. The van der Waals surface area contributed by atoms with E-state index in [4.69, 9.17) is 14.9 Å². The van der Waals surface area contributed by atoms with Gasteiger partial charge in [-0.05, 0) is 7.05 Å². The Kier molecular flexibility index (Phi) is 4.97. The minimum Gasteiger partial charge on any atom is -0.394 e. The Hall–Kier alpha value is -0.690. The Morgan fingerprint density at radius 1 is 1.60 bits per heavy atom. The summed E-state index contributed by atoms with van der Waals surface area (Å²) in [7, 11) is 1.78. The number of rotatable bonds is 5. The van der Waals surface area contributed by atoms with Crippen LogP contribution in [0.1, 0.15) is 0 Å². The molecule has 6 heteroatoms. The summed E-state index contributed by atoms with van der Waals surface area (Å²) in [4.78, 5) is 11.6. The first-order valence-electron chi connectivity index (χ1n) is 5.00. The van der Waals surface area contributed by atoms with Crippen LogP contribution in [-0.4, -0.2) is 61.7 Å². The Labute approximate surface area is 88.6 Å². The number of nitrogens with one attached hydrogen (secondary N) is 2. The third kappa shape index (κ3) is 3.42. The first-order chi connectivity index (χ1) is 7.19. The van der Waals surface area contributed by atoms with Crippen LogP contribution < -0.4 is 10.6 Å². The smallest absolute Gasteiger partial charge is 0.227 e. The molecule has 4 N–H and O–H groups in total. The zero-order valence-electron chi connectivity index (χ0n) is 8.77. The molecule has 15 heavy (non-hydrogen) atoms. The molecule has 0 aliphatic carbocycles. The molecule has 0 aromatic carbocycles. The topological polar surface area (TPSA) is 90.8 Å². The molecule has 1 heterocycles. The van der Waals surface area contributed by atoms with Gasteiger partial charge in [-0.3, -0.25) is 4.79 Å². The van der Waals surface area contributed by atoms with Crippen LogP contribution in [0.2, 0.25) is 0 Å². The first-order valence-corrected chi connectivity index (χ1v) is 5.00. The molecule has 1 aliphatic rings. The lowest BCUT2D eigenvalue weighted by Crippen LogP contribution is -2.44. The van der Waals surface area contributed by atoms with Crippen LogP contribution in [0.4, 0.5) is 0 Å². The van der Waals surface area contributed by atoms with E-state index in [1.54, 1.807) is 7.05 Å². The van der Waals surface area contributed by atoms with Gasteiger partial charge in [0.25, 0.3) is 0 Å². The molecule has 1 rings (SSSR count). The minimum atomic E-state index is -0.899. The predicted molar refractivity (Wildman–Crippen MR) is 53.3 cm³/mol. The first kappa shape index (κ1) is 12.4. The number of hydrogen-bond donors (Lipinski definition) is 4. The summed E-state index contributed by atoms with van der Waals surface area (Å²) in [6.07, 6.45) is -0.899. The highest BCUT2D eigenvalue weighted by Crippen LogP contribution is 2.13. The van der Waals surface area contributed by atoms with Crippen molar-refractivity contribution in [3.63, 3.8) is 0 Å². The van der Waals surface area contributed by atoms with Crippen LogP contribution in [0.15, 0.2) is 0 Å². The molecular formula is C9H18N2O4. The zero-order valence-corrected chi connectivity index (χ0v) is 8.77. The van der Waals surface area contributed by atoms with E-state index >= 15 is 0 Å². The van der Waals surface area contributed by atoms with Gasteiger partial charge in [-0.25, -0.2) is 0 Å². The Morgan fingerprint density at radius 3 is 2.93 bits per heavy atom. The molecule has 1 saturated heterocycles. The highest BCUT2D eigenvalue weighted by atomic mass is 16.5. The fourth-order valence-corrected chi connectivity index (χ4v) is 1.51. The van der Waals surface area contributed by atoms with Crippen molar-refractivity contribution in [2.24, 2.45) is 5.92 Å². The quantitative estimate of drug-likeness (QED) is 0.416. The van der Waals surface area contributed by atoms with Gasteiger partial charge in [0.15, 0.2) is 0 Å². The van der Waals surface area contributed by atoms with E-state index in [0.717, 1.165) is 0 Å². The fourth-order valence-electron chi connectivity index (χ4n) is 1.51. The van der Waals surface area contributed by atoms with E-state index < -0.39 is 6.10 Å². The van der Waals surface area contributed by atoms with Gasteiger partial charge in [-0.15, -0.1) is 0 Å². The van der Waals surface area contributed by atoms with Crippen molar-refractivity contribution in [2.75, 3.05) is 33.4 Å². The standard InChI is InChI=1S/C9H18N2O4/c1-10-8-5-15-4-7(8)9(14)11-2-6(13)3-12/h6-8,10,12-13H,2-5H2,1H3,(H,11,14). The van der Waals surface area contributed by atoms with Crippen molar-refractivity contribution in [1.82, 2.24) is 10.6 Å². The van der Waals surface area contributed by atoms with Gasteiger partial charge < -0.3 is 25.6 Å². The largest absolute Gasteiger partial charge is 0.394 e. The monoisotopic (exact) mass is 218 g/mol. The average Bonchev–Trinajstić information content (AvgIpc) is 2.73. The summed E-state index contributed by atoms with van der Waals surface area (Å²) in [5.74, 6) is -0.375. The molecule has 3 unspecified atom stereocenters. The van der Waals surface area contributed by atoms with Crippen LogP contribution in [0.3, 0.4) is 0 Å². The maximum atomic E-state index is 11.6. The van der Waals surface area contributed by atoms with Crippen molar-refractivity contribution in [3.05, 3.63) is 0 Å². The average molecular weight is 218 g/mol. The molecule has 1 aliphatic heterocycles. The number of likely N-dealkylation sites (N-methyl/N-ethyl adjacent to an activating group) is 1. The van der Waals surface area contributed by atoms with Crippen LogP contribution in [0.25, 0.3) is 0 Å². The molecule has 6 nitrogen and oxygen atoms in total. The van der Waals surface area contributed by atoms with Crippen LogP contribution in [0, 0.1) is 5.92 Å². The van der Waals surface area contributed by atoms with E-state index in [-0.39, 0.29) is 31.0 Å². The number of aliphatic hydroxyl groups is 2. The normalized spacial score (nSPS) is 27.7. The van der Waals surface area contributed by atoms with E-state index in [0.29, 0.717) is 13.2 Å². The summed E-state index contributed by atoms with van der Waals surface area (Å²) >= 11 is 0. The molecule has 0 bridgehead atoms. The van der Waals surface area contributed by atoms with Crippen molar-refractivity contribution >= 4 is 5.91 Å². The summed E-state index contributed by atoms with van der Waals surface area (Å²) < 4.78 is 5.18. The number of aliphatic hydroxyl groups excluding tert-OH is 2. The summed E-state index contributed by atoms with van der Waals surface area (Å²) in [6.45, 7) is 0.642. The van der Waals surface area contributed by atoms with Gasteiger partial charge in [0.05, 0.1) is 31.8 Å². The van der Waals surface area contributed by atoms with Gasteiger partial charge >= 0.3 is 0 Å². The zero-order chi connectivity index (χ0) is 11.3. The van der Waals surface area contributed by atoms with Gasteiger partial charge in [-0.1, -0.05) is 0 Å². The Balaban J connectivity index is 2.33. The highest BCUT2D eigenvalue weighted by molar-refractivity contribution is 5.79. The van der Waals surface area contributed by atoms with Gasteiger partial charge in [0, 0.05) is 12.6 Å². The third-order valence-electron chi connectivity index (χ3n) is 2.51. The van der Waals surface area contributed by atoms with Crippen LogP contribution in [0.5, 0.6) is 0 Å². The second-order valence-electron chi connectivity index (χ2n) is 3.62. The second kappa shape index (κ2) is 6.02. The van der Waals surface area contributed by atoms with Gasteiger partial charge in [0.2, 0.25) is 5.91 Å². The van der Waals surface area contributed by atoms with Crippen LogP contribution >= 0.6 is 0 Å². The number of amides is 1. The molecule has 0 spiro atoms. The third-order valence-corrected chi connectivity index (χ3v) is 2.51. The molecule has 0 radical (unpaired) electrons. The van der Waals surface area contributed by atoms with E-state index in [1.165, 1.54) is 0 Å². The second-order valence-corrected chi connectivity index (χ2v) is 3.62. The van der Waals surface area contributed by atoms with Gasteiger partial charge in [-0.2, -0.15) is 0 Å². The SMILES string of the molecule is CNC1COCC1C(=O)NCC(O)CO. The minimum absolute atomic E-state index is 0.0243. The predicted octanol–water partition coefficient (Wildman–Crippen LogP) is -2.31. The summed E-state index contributed by atoms with van der Waals surface area (Å²) in [6, 6.07) is 0.0243. The lowest BCUT2D eigenvalue weighted by molar-refractivity contribution is -0.126. The molecule has 88 valence electrons. The molecule has 1 fully saturated rings. The number of carbonyl (C=O) groups excluding carboxylic acids is 1. The van der Waals surface area contributed by atoms with Crippen LogP contribution in [-0.2, 0) is 9.53 Å². The Morgan fingerprint density at radius 2 is 2.33 bits per heavy atom. The van der Waals surface area contributed by atoms with E-state index in [1.807, 2.05) is 0 Å². The highest BCUT2D eigenvalue weighted by Gasteiger charge is 2.32. The maximum Gasteiger partial charge on any atom is 0.227 e. The Bertz CT molecular complexity index is 212. The summed E-state index contributed by atoms with van der Waals surface area (Å²) in [5.41, 5.74) is 0. The lowest BCUT2D eigenvalue weighted by atomic mass is 10.0. The van der Waals surface area contributed by atoms with E-state index in [2.05, 4.69) is 10.6 Å². The molecular weight excluding hydrogens is 200 g/mol. The molecule has 0 aromatic rings. The molecule has 3 atom stereocenters. The molecule has 0 aromatic heterocycles. The number of carbonyl (C=O) groups is 1.